The molecule has 0 spiro atoms. The van der Waals surface area contributed by atoms with E-state index in [1.165, 1.54) is 4.90 Å². The molecular weight excluding hydrogens is 497 g/mol. The van der Waals surface area contributed by atoms with Crippen LogP contribution in [0.1, 0.15) is 39.2 Å². The van der Waals surface area contributed by atoms with E-state index in [1.54, 1.807) is 48.5 Å². The fourth-order valence-electron chi connectivity index (χ4n) is 3.40. The Kier molecular flexibility index (Phi) is 10.2. The molecule has 0 aliphatic rings. The van der Waals surface area contributed by atoms with Gasteiger partial charge in [-0.25, -0.2) is 8.42 Å². The number of nitrogens with one attached hydrogen (secondary N) is 1. The second-order valence-electron chi connectivity index (χ2n) is 8.12. The van der Waals surface area contributed by atoms with E-state index in [0.717, 1.165) is 17.0 Å². The van der Waals surface area contributed by atoms with Crippen LogP contribution < -0.4 is 9.62 Å². The van der Waals surface area contributed by atoms with Gasteiger partial charge in [0.15, 0.2) is 0 Å². The monoisotopic (exact) mass is 527 g/mol. The van der Waals surface area contributed by atoms with Crippen LogP contribution in [0.15, 0.2) is 48.5 Å². The molecule has 2 unspecified atom stereocenters. The molecule has 2 aromatic rings. The molecule has 0 heterocycles. The predicted octanol–water partition coefficient (Wildman–Crippen LogP) is 4.48. The summed E-state index contributed by atoms with van der Waals surface area (Å²) in [6.07, 6.45) is 2.13. The number of amides is 2. The van der Waals surface area contributed by atoms with E-state index >= 15 is 0 Å². The molecule has 2 rings (SSSR count). The molecule has 0 aromatic heterocycles. The van der Waals surface area contributed by atoms with Gasteiger partial charge < -0.3 is 10.2 Å². The summed E-state index contributed by atoms with van der Waals surface area (Å²) in [5, 5.41) is 3.62. The first-order valence-electron chi connectivity index (χ1n) is 11.0. The molecule has 10 heteroatoms. The summed E-state index contributed by atoms with van der Waals surface area (Å²) in [6.45, 7) is 5.26. The Labute approximate surface area is 212 Å². The lowest BCUT2D eigenvalue weighted by Gasteiger charge is -2.33. The number of halogens is 2. The molecule has 0 fully saturated rings. The van der Waals surface area contributed by atoms with Crippen LogP contribution in [0.5, 0.6) is 0 Å². The average molecular weight is 529 g/mol. The van der Waals surface area contributed by atoms with E-state index < -0.39 is 28.5 Å². The molecular formula is C24H31Cl2N3O4S. The second kappa shape index (κ2) is 12.4. The maximum atomic E-state index is 13.6. The molecule has 2 atom stereocenters. The number of hydrogen-bond acceptors (Lipinski definition) is 4. The van der Waals surface area contributed by atoms with Crippen LogP contribution in [-0.2, 0) is 26.2 Å². The zero-order chi connectivity index (χ0) is 25.5. The number of carbonyl (C=O) groups is 2. The number of carbonyl (C=O) groups excluding carboxylic acids is 2. The summed E-state index contributed by atoms with van der Waals surface area (Å²) in [5.41, 5.74) is 1.04. The largest absolute Gasteiger partial charge is 0.352 e. The van der Waals surface area contributed by atoms with Crippen molar-refractivity contribution in [3.8, 4) is 0 Å². The molecule has 0 radical (unpaired) electrons. The molecule has 1 N–H and O–H groups in total. The Bertz CT molecular complexity index is 1100. The molecule has 0 saturated heterocycles. The third kappa shape index (κ3) is 7.61. The van der Waals surface area contributed by atoms with Gasteiger partial charge in [0, 0.05) is 12.6 Å². The SMILES string of the molecule is CCC(C)NC(=O)C(CC)N(Cc1ccc(Cl)c(Cl)c1)C(=O)CN(c1ccccc1)S(C)(=O)=O. The molecule has 7 nitrogen and oxygen atoms in total. The van der Waals surface area contributed by atoms with Crippen LogP contribution in [0.2, 0.25) is 10.0 Å². The van der Waals surface area contributed by atoms with E-state index in [9.17, 15) is 18.0 Å². The highest BCUT2D eigenvalue weighted by Gasteiger charge is 2.32. The van der Waals surface area contributed by atoms with E-state index in [0.29, 0.717) is 27.7 Å². The van der Waals surface area contributed by atoms with Crippen molar-refractivity contribution in [2.24, 2.45) is 0 Å². The zero-order valence-electron chi connectivity index (χ0n) is 19.8. The Morgan fingerprint density at radius 2 is 1.65 bits per heavy atom. The fraction of sp³-hybridized carbons (Fsp3) is 0.417. The van der Waals surface area contributed by atoms with Crippen LogP contribution in [0.25, 0.3) is 0 Å². The second-order valence-corrected chi connectivity index (χ2v) is 10.8. The number of hydrogen-bond donors (Lipinski definition) is 1. The molecule has 0 bridgehead atoms. The summed E-state index contributed by atoms with van der Waals surface area (Å²) >= 11 is 12.2. The first-order chi connectivity index (χ1) is 16.0. The Balaban J connectivity index is 2.44. The molecule has 186 valence electrons. The first-order valence-corrected chi connectivity index (χ1v) is 13.6. The van der Waals surface area contributed by atoms with Crippen LogP contribution in [0, 0.1) is 0 Å². The highest BCUT2D eigenvalue weighted by atomic mass is 35.5. The van der Waals surface area contributed by atoms with Gasteiger partial charge in [0.1, 0.15) is 12.6 Å². The van der Waals surface area contributed by atoms with Gasteiger partial charge in [-0.15, -0.1) is 0 Å². The zero-order valence-corrected chi connectivity index (χ0v) is 22.1. The van der Waals surface area contributed by atoms with Crippen molar-refractivity contribution in [3.05, 3.63) is 64.1 Å². The van der Waals surface area contributed by atoms with Gasteiger partial charge in [0.2, 0.25) is 21.8 Å². The highest BCUT2D eigenvalue weighted by Crippen LogP contribution is 2.25. The lowest BCUT2D eigenvalue weighted by atomic mass is 10.1. The smallest absolute Gasteiger partial charge is 0.244 e. The third-order valence-corrected chi connectivity index (χ3v) is 7.33. The molecule has 2 amide bonds. The standard InChI is InChI=1S/C24H31Cl2N3O4S/c1-5-17(3)27-24(31)22(6-2)28(15-18-12-13-20(25)21(26)14-18)23(30)16-29(34(4,32)33)19-10-8-7-9-11-19/h7-14,17,22H,5-6,15-16H2,1-4H3,(H,27,31). The van der Waals surface area contributed by atoms with E-state index in [2.05, 4.69) is 5.32 Å². The number of nitrogens with zero attached hydrogens (tertiary/aromatic N) is 2. The van der Waals surface area contributed by atoms with Gasteiger partial charge in [-0.3, -0.25) is 13.9 Å². The Morgan fingerprint density at radius 1 is 1.00 bits per heavy atom. The summed E-state index contributed by atoms with van der Waals surface area (Å²) in [6, 6.07) is 12.5. The minimum absolute atomic E-state index is 0.0640. The van der Waals surface area contributed by atoms with Gasteiger partial charge in [-0.05, 0) is 49.6 Å². The van der Waals surface area contributed by atoms with E-state index in [-0.39, 0.29) is 18.5 Å². The lowest BCUT2D eigenvalue weighted by molar-refractivity contribution is -0.140. The van der Waals surface area contributed by atoms with Crippen molar-refractivity contribution in [2.75, 3.05) is 17.1 Å². The molecule has 2 aromatic carbocycles. The molecule has 0 aliphatic carbocycles. The Hall–Kier alpha value is -2.29. The third-order valence-electron chi connectivity index (χ3n) is 5.45. The van der Waals surface area contributed by atoms with Gasteiger partial charge in [-0.2, -0.15) is 0 Å². The van der Waals surface area contributed by atoms with E-state index in [4.69, 9.17) is 23.2 Å². The number of benzene rings is 2. The quantitative estimate of drug-likeness (QED) is 0.466. The molecule has 0 aliphatic heterocycles. The normalized spacial score (nSPS) is 13.1. The predicted molar refractivity (Wildman–Crippen MR) is 138 cm³/mol. The van der Waals surface area contributed by atoms with Crippen LogP contribution in [0.4, 0.5) is 5.69 Å². The summed E-state index contributed by atoms with van der Waals surface area (Å²) in [7, 11) is -3.76. The minimum Gasteiger partial charge on any atom is -0.352 e. The van der Waals surface area contributed by atoms with Crippen molar-refractivity contribution in [1.29, 1.82) is 0 Å². The van der Waals surface area contributed by atoms with E-state index in [1.807, 2.05) is 20.8 Å². The van der Waals surface area contributed by atoms with Crippen LogP contribution >= 0.6 is 23.2 Å². The highest BCUT2D eigenvalue weighted by molar-refractivity contribution is 7.92. The van der Waals surface area contributed by atoms with Gasteiger partial charge in [0.05, 0.1) is 22.0 Å². The maximum absolute atomic E-state index is 13.6. The first kappa shape index (κ1) is 28.0. The molecule has 34 heavy (non-hydrogen) atoms. The topological polar surface area (TPSA) is 86.8 Å². The summed E-state index contributed by atoms with van der Waals surface area (Å²) in [4.78, 5) is 28.0. The number of anilines is 1. The summed E-state index contributed by atoms with van der Waals surface area (Å²) < 4.78 is 26.1. The van der Waals surface area contributed by atoms with Crippen molar-refractivity contribution in [2.45, 2.75) is 52.2 Å². The Morgan fingerprint density at radius 3 is 2.18 bits per heavy atom. The van der Waals surface area contributed by atoms with Crippen molar-refractivity contribution in [1.82, 2.24) is 10.2 Å². The summed E-state index contributed by atoms with van der Waals surface area (Å²) in [5.74, 6) is -0.803. The van der Waals surface area contributed by atoms with Crippen molar-refractivity contribution in [3.63, 3.8) is 0 Å². The number of rotatable bonds is 11. The van der Waals surface area contributed by atoms with Crippen molar-refractivity contribution < 1.29 is 18.0 Å². The number of para-hydroxylation sites is 1. The fourth-order valence-corrected chi connectivity index (χ4v) is 4.57. The minimum atomic E-state index is -3.76. The van der Waals surface area contributed by atoms with Gasteiger partial charge in [0.25, 0.3) is 0 Å². The van der Waals surface area contributed by atoms with Gasteiger partial charge in [-0.1, -0.05) is 61.3 Å². The molecule has 0 saturated carbocycles. The van der Waals surface area contributed by atoms with Gasteiger partial charge >= 0.3 is 0 Å². The van der Waals surface area contributed by atoms with Crippen molar-refractivity contribution >= 4 is 50.7 Å². The maximum Gasteiger partial charge on any atom is 0.244 e. The van der Waals surface area contributed by atoms with Crippen LogP contribution in [0.3, 0.4) is 0 Å². The lowest BCUT2D eigenvalue weighted by Crippen LogP contribution is -2.53. The van der Waals surface area contributed by atoms with Crippen LogP contribution in [-0.4, -0.2) is 50.0 Å². The number of sulfonamides is 1. The average Bonchev–Trinajstić information content (AvgIpc) is 2.79.